The number of rotatable bonds is 9. The van der Waals surface area contributed by atoms with Gasteiger partial charge >= 0.3 is 5.97 Å². The van der Waals surface area contributed by atoms with E-state index in [0.29, 0.717) is 5.57 Å². The van der Waals surface area contributed by atoms with E-state index in [9.17, 15) is 24.3 Å². The minimum Gasteiger partial charge on any atom is -0.543 e. The Labute approximate surface area is 245 Å². The normalized spacial score (nSPS) is 19.5. The zero-order chi connectivity index (χ0) is 29.6. The number of carbonyl (C=O) groups is 4. The first-order valence-electron chi connectivity index (χ1n) is 12.0. The van der Waals surface area contributed by atoms with Crippen LogP contribution in [0.1, 0.15) is 12.6 Å². The van der Waals surface area contributed by atoms with Gasteiger partial charge in [-0.25, -0.2) is 9.78 Å². The van der Waals surface area contributed by atoms with E-state index >= 15 is 0 Å². The summed E-state index contributed by atoms with van der Waals surface area (Å²) in [4.78, 5) is 59.8. The molecule has 5 rings (SSSR count). The first kappa shape index (κ1) is 28.4. The van der Waals surface area contributed by atoms with Crippen LogP contribution >= 0.6 is 34.7 Å². The topological polar surface area (TPSA) is 196 Å². The molecule has 3 atom stereocenters. The molecule has 1 unspecified atom stereocenters. The van der Waals surface area contributed by atoms with Crippen molar-refractivity contribution < 1.29 is 38.8 Å². The number of hydrogen-bond acceptors (Lipinski definition) is 11. The summed E-state index contributed by atoms with van der Waals surface area (Å²) >= 11 is 8.28. The van der Waals surface area contributed by atoms with Crippen molar-refractivity contribution in [2.75, 3.05) is 11.5 Å². The number of carboxylic acid groups (broad SMARTS) is 2. The van der Waals surface area contributed by atoms with Gasteiger partial charge in [0.05, 0.1) is 11.7 Å². The molecular weight excluding hydrogens is 598 g/mol. The lowest BCUT2D eigenvalue weighted by Gasteiger charge is -2.50. The summed E-state index contributed by atoms with van der Waals surface area (Å²) in [7, 11) is 1.90. The van der Waals surface area contributed by atoms with E-state index in [2.05, 4.69) is 15.5 Å². The van der Waals surface area contributed by atoms with Crippen LogP contribution in [0.25, 0.3) is 11.0 Å². The number of pyridine rings is 1. The summed E-state index contributed by atoms with van der Waals surface area (Å²) in [5, 5.41) is 26.8. The van der Waals surface area contributed by atoms with Crippen LogP contribution < -0.4 is 20.7 Å². The summed E-state index contributed by atoms with van der Waals surface area (Å²) in [6.07, 6.45) is 2.31. The number of aryl methyl sites for hydroxylation is 1. The van der Waals surface area contributed by atoms with E-state index in [1.807, 2.05) is 46.8 Å². The molecule has 214 valence electrons. The molecule has 0 spiro atoms. The second-order valence-electron chi connectivity index (χ2n) is 9.13. The van der Waals surface area contributed by atoms with Crippen LogP contribution in [0, 0.1) is 0 Å². The SMILES string of the molecule is C[C@H](O/N=C(\C(=O)N[C@@H]1C(=O)N2C(C(=O)[O-])=C(C[n+]3cccc4c3ccn4C)CSC12)c1nc(N)sc1Cl)C(=O)O. The molecule has 2 amide bonds. The Morgan fingerprint density at radius 3 is 2.83 bits per heavy atom. The standard InChI is InChI=1S/C24H22ClN7O7S2/c1-10(22(35)36)39-29-15(14-18(25)41-24(26)28-14)19(33)27-16-20(34)32-17(23(37)38)11(9-40-21(16)32)8-31-6-3-4-12-13(31)5-7-30(12)2/h3-7,10,16,21H,8-9H2,1-2H3,(H4-,26,27,28,33,35,36,37,38)/b29-15-/t10-,16+,21?/m0/s1. The Morgan fingerprint density at radius 1 is 1.41 bits per heavy atom. The van der Waals surface area contributed by atoms with E-state index < -0.39 is 47.0 Å². The first-order valence-corrected chi connectivity index (χ1v) is 14.2. The number of β-lactam (4-membered cyclic amide) rings is 1. The third-order valence-corrected chi connectivity index (χ3v) is 8.93. The number of anilines is 1. The number of nitrogen functional groups attached to an aromatic ring is 1. The monoisotopic (exact) mass is 619 g/mol. The van der Waals surface area contributed by atoms with Gasteiger partial charge in [0.1, 0.15) is 27.0 Å². The van der Waals surface area contributed by atoms with Crippen molar-refractivity contribution in [3.8, 4) is 0 Å². The van der Waals surface area contributed by atoms with Crippen molar-refractivity contribution >= 4 is 80.3 Å². The quantitative estimate of drug-likeness (QED) is 0.121. The molecule has 2 aliphatic heterocycles. The summed E-state index contributed by atoms with van der Waals surface area (Å²) in [6.45, 7) is 1.41. The molecule has 1 saturated heterocycles. The summed E-state index contributed by atoms with van der Waals surface area (Å²) in [6, 6.07) is 4.58. The van der Waals surface area contributed by atoms with Crippen LogP contribution in [0.15, 0.2) is 47.0 Å². The second-order valence-corrected chi connectivity index (χ2v) is 11.9. The number of aliphatic carboxylic acids is 2. The molecule has 3 aromatic heterocycles. The second kappa shape index (κ2) is 11.0. The average molecular weight is 620 g/mol. The number of thioether (sulfide) groups is 1. The highest BCUT2D eigenvalue weighted by molar-refractivity contribution is 8.00. The molecular formula is C24H22ClN7O7S2. The highest BCUT2D eigenvalue weighted by Gasteiger charge is 2.53. The van der Waals surface area contributed by atoms with Gasteiger partial charge in [0, 0.05) is 36.7 Å². The number of aromatic nitrogens is 3. The molecule has 17 heteroatoms. The first-order chi connectivity index (χ1) is 19.5. The molecule has 2 aliphatic rings. The fraction of sp³-hybridized carbons (Fsp3) is 0.292. The van der Waals surface area contributed by atoms with Gasteiger partial charge in [0.2, 0.25) is 11.6 Å². The largest absolute Gasteiger partial charge is 0.543 e. The number of thiazole rings is 1. The molecule has 0 aliphatic carbocycles. The molecule has 3 aromatic rings. The zero-order valence-corrected chi connectivity index (χ0v) is 23.8. The fourth-order valence-corrected chi connectivity index (χ4v) is 6.74. The summed E-state index contributed by atoms with van der Waals surface area (Å²) in [5.74, 6) is -4.19. The van der Waals surface area contributed by atoms with E-state index in [0.717, 1.165) is 27.3 Å². The van der Waals surface area contributed by atoms with Gasteiger partial charge in [-0.15, -0.1) is 11.8 Å². The van der Waals surface area contributed by atoms with Crippen LogP contribution in [0.2, 0.25) is 4.34 Å². The summed E-state index contributed by atoms with van der Waals surface area (Å²) in [5.41, 5.74) is 7.11. The van der Waals surface area contributed by atoms with Gasteiger partial charge in [-0.05, 0) is 13.0 Å². The van der Waals surface area contributed by atoms with Gasteiger partial charge in [0.25, 0.3) is 11.8 Å². The molecule has 5 heterocycles. The lowest BCUT2D eigenvalue weighted by molar-refractivity contribution is -0.663. The van der Waals surface area contributed by atoms with Crippen LogP contribution in [0.4, 0.5) is 5.13 Å². The minimum absolute atomic E-state index is 0.00525. The third kappa shape index (κ3) is 5.20. The Balaban J connectivity index is 1.39. The number of nitrogens with one attached hydrogen (secondary N) is 1. The minimum atomic E-state index is -1.51. The molecule has 0 bridgehead atoms. The van der Waals surface area contributed by atoms with E-state index in [1.54, 1.807) is 0 Å². The Bertz CT molecular complexity index is 1670. The van der Waals surface area contributed by atoms with Crippen LogP contribution in [0.3, 0.4) is 0 Å². The highest BCUT2D eigenvalue weighted by Crippen LogP contribution is 2.40. The number of halogens is 1. The number of carboxylic acids is 2. The van der Waals surface area contributed by atoms with E-state index in [-0.39, 0.29) is 33.2 Å². The van der Waals surface area contributed by atoms with Crippen molar-refractivity contribution in [1.29, 1.82) is 0 Å². The lowest BCUT2D eigenvalue weighted by atomic mass is 10.0. The van der Waals surface area contributed by atoms with Crippen molar-refractivity contribution in [2.45, 2.75) is 31.0 Å². The Hall–Kier alpha value is -4.15. The average Bonchev–Trinajstić information content (AvgIpc) is 3.47. The van der Waals surface area contributed by atoms with Gasteiger partial charge in [-0.2, -0.15) is 4.57 Å². The number of amides is 2. The number of oxime groups is 1. The third-order valence-electron chi connectivity index (χ3n) is 6.51. The number of carbonyl (C=O) groups excluding carboxylic acids is 3. The van der Waals surface area contributed by atoms with Crippen molar-refractivity contribution in [1.82, 2.24) is 19.8 Å². The molecule has 0 aromatic carbocycles. The molecule has 41 heavy (non-hydrogen) atoms. The molecule has 0 radical (unpaired) electrons. The number of nitrogens with zero attached hydrogens (tertiary/aromatic N) is 5. The maximum atomic E-state index is 13.2. The smallest absolute Gasteiger partial charge is 0.347 e. The van der Waals surface area contributed by atoms with Crippen LogP contribution in [0.5, 0.6) is 0 Å². The van der Waals surface area contributed by atoms with E-state index in [4.69, 9.17) is 27.3 Å². The Morgan fingerprint density at radius 2 is 2.17 bits per heavy atom. The number of nitrogens with two attached hydrogens (primary N) is 1. The lowest BCUT2D eigenvalue weighted by Crippen LogP contribution is -2.71. The molecule has 0 saturated carbocycles. The van der Waals surface area contributed by atoms with Gasteiger partial charge in [-0.1, -0.05) is 28.1 Å². The summed E-state index contributed by atoms with van der Waals surface area (Å²) < 4.78 is 3.83. The maximum absolute atomic E-state index is 13.2. The fourth-order valence-electron chi connectivity index (χ4n) is 4.47. The van der Waals surface area contributed by atoms with Gasteiger partial charge in [0.15, 0.2) is 23.6 Å². The number of hydrogen-bond donors (Lipinski definition) is 3. The maximum Gasteiger partial charge on any atom is 0.347 e. The van der Waals surface area contributed by atoms with Crippen LogP contribution in [-0.2, 0) is 37.6 Å². The molecule has 1 fully saturated rings. The zero-order valence-electron chi connectivity index (χ0n) is 21.4. The predicted molar refractivity (Wildman–Crippen MR) is 146 cm³/mol. The predicted octanol–water partition coefficient (Wildman–Crippen LogP) is -0.544. The van der Waals surface area contributed by atoms with E-state index in [1.165, 1.54) is 18.7 Å². The van der Waals surface area contributed by atoms with Crippen molar-refractivity contribution in [3.63, 3.8) is 0 Å². The van der Waals surface area contributed by atoms with Crippen molar-refractivity contribution in [3.05, 3.63) is 51.9 Å². The van der Waals surface area contributed by atoms with Gasteiger partial charge in [-0.3, -0.25) is 14.5 Å². The van der Waals surface area contributed by atoms with Crippen LogP contribution in [-0.4, -0.2) is 72.3 Å². The Kier molecular flexibility index (Phi) is 7.63. The number of fused-ring (bicyclic) bond motifs is 2. The highest BCUT2D eigenvalue weighted by atomic mass is 35.5. The molecule has 14 nitrogen and oxygen atoms in total. The molecule has 4 N–H and O–H groups in total. The van der Waals surface area contributed by atoms with Gasteiger partial charge < -0.3 is 35.5 Å². The van der Waals surface area contributed by atoms with Crippen molar-refractivity contribution in [2.24, 2.45) is 12.2 Å².